The van der Waals surface area contributed by atoms with Crippen molar-refractivity contribution in [3.05, 3.63) is 48.0 Å². The summed E-state index contributed by atoms with van der Waals surface area (Å²) >= 11 is 0. The first kappa shape index (κ1) is 18.5. The Morgan fingerprint density at radius 3 is 2.81 bits per heavy atom. The molecule has 2 N–H and O–H groups in total. The van der Waals surface area contributed by atoms with Crippen LogP contribution in [0.3, 0.4) is 0 Å². The fraction of sp³-hybridized carbons (Fsp3) is 0.412. The molecule has 0 saturated heterocycles. The van der Waals surface area contributed by atoms with Crippen molar-refractivity contribution in [1.82, 2.24) is 19.6 Å². The summed E-state index contributed by atoms with van der Waals surface area (Å²) in [4.78, 5) is 16.2. The molecule has 1 atom stereocenters. The number of amides is 1. The van der Waals surface area contributed by atoms with Crippen LogP contribution in [0.2, 0.25) is 0 Å². The minimum atomic E-state index is -3.84. The number of hydrogen-bond donors (Lipinski definition) is 2. The maximum atomic E-state index is 12.8. The van der Waals surface area contributed by atoms with Gasteiger partial charge in [0.15, 0.2) is 0 Å². The second kappa shape index (κ2) is 7.55. The molecule has 1 saturated carbocycles. The van der Waals surface area contributed by atoms with Crippen molar-refractivity contribution in [2.24, 2.45) is 13.0 Å². The molecule has 140 valence electrons. The van der Waals surface area contributed by atoms with Gasteiger partial charge in [-0.25, -0.2) is 22.5 Å². The van der Waals surface area contributed by atoms with Gasteiger partial charge in [-0.3, -0.25) is 4.79 Å². The van der Waals surface area contributed by atoms with Crippen LogP contribution in [0.1, 0.15) is 35.1 Å². The van der Waals surface area contributed by atoms with Crippen LogP contribution in [0.4, 0.5) is 4.39 Å². The van der Waals surface area contributed by atoms with Crippen LogP contribution in [0.25, 0.3) is 0 Å². The van der Waals surface area contributed by atoms with Crippen LogP contribution >= 0.6 is 0 Å². The predicted octanol–water partition coefficient (Wildman–Crippen LogP) is 1.55. The summed E-state index contributed by atoms with van der Waals surface area (Å²) in [5.41, 5.74) is 0.168. The number of hydrogen-bond acceptors (Lipinski definition) is 4. The third-order valence-corrected chi connectivity index (χ3v) is 5.74. The summed E-state index contributed by atoms with van der Waals surface area (Å²) in [6.07, 6.45) is 5.28. The number of sulfonamides is 1. The van der Waals surface area contributed by atoms with E-state index in [1.54, 1.807) is 17.0 Å². The number of alkyl halides is 1. The van der Waals surface area contributed by atoms with Crippen molar-refractivity contribution in [3.8, 4) is 0 Å². The van der Waals surface area contributed by atoms with Crippen LogP contribution in [-0.2, 0) is 17.1 Å². The number of nitrogens with zero attached hydrogens (tertiary/aromatic N) is 2. The Morgan fingerprint density at radius 2 is 2.19 bits per heavy atom. The van der Waals surface area contributed by atoms with Crippen LogP contribution < -0.4 is 10.0 Å². The summed E-state index contributed by atoms with van der Waals surface area (Å²) in [6, 6.07) is 5.29. The van der Waals surface area contributed by atoms with E-state index >= 15 is 0 Å². The number of rotatable bonds is 8. The molecule has 0 radical (unpaired) electrons. The highest BCUT2D eigenvalue weighted by Crippen LogP contribution is 2.41. The van der Waals surface area contributed by atoms with Crippen molar-refractivity contribution < 1.29 is 17.6 Å². The largest absolute Gasteiger partial charge is 0.349 e. The molecular weight excluding hydrogens is 359 g/mol. The van der Waals surface area contributed by atoms with E-state index in [0.29, 0.717) is 5.82 Å². The number of halogens is 1. The van der Waals surface area contributed by atoms with E-state index in [0.717, 1.165) is 12.8 Å². The van der Waals surface area contributed by atoms with Crippen molar-refractivity contribution >= 4 is 15.9 Å². The Hall–Kier alpha value is -2.26. The first-order chi connectivity index (χ1) is 12.4. The van der Waals surface area contributed by atoms with E-state index in [4.69, 9.17) is 0 Å². The molecule has 0 bridgehead atoms. The molecule has 1 aliphatic rings. The maximum Gasteiger partial charge on any atom is 0.251 e. The zero-order chi connectivity index (χ0) is 18.7. The van der Waals surface area contributed by atoms with Gasteiger partial charge in [-0.15, -0.1) is 0 Å². The van der Waals surface area contributed by atoms with Gasteiger partial charge in [0, 0.05) is 31.5 Å². The van der Waals surface area contributed by atoms with E-state index in [2.05, 4.69) is 15.0 Å². The van der Waals surface area contributed by atoms with Crippen molar-refractivity contribution in [2.45, 2.75) is 23.8 Å². The van der Waals surface area contributed by atoms with Gasteiger partial charge in [-0.2, -0.15) is 0 Å². The zero-order valence-corrected chi connectivity index (χ0v) is 15.2. The lowest BCUT2D eigenvalue weighted by Gasteiger charge is -2.18. The maximum absolute atomic E-state index is 12.8. The topological polar surface area (TPSA) is 93.1 Å². The molecule has 0 spiro atoms. The lowest BCUT2D eigenvalue weighted by molar-refractivity contribution is 0.0950. The third kappa shape index (κ3) is 4.10. The Morgan fingerprint density at radius 1 is 1.42 bits per heavy atom. The molecular formula is C17H21FN4O3S. The van der Waals surface area contributed by atoms with E-state index in [-0.39, 0.29) is 22.9 Å². The summed E-state index contributed by atoms with van der Waals surface area (Å²) in [6.45, 7) is -0.797. The number of imidazole rings is 1. The van der Waals surface area contributed by atoms with E-state index in [9.17, 15) is 17.6 Å². The number of carbonyl (C=O) groups excluding carboxylic acids is 1. The second-order valence-electron chi connectivity index (χ2n) is 6.31. The predicted molar refractivity (Wildman–Crippen MR) is 93.7 cm³/mol. The normalized spacial score (nSPS) is 15.6. The number of aryl methyl sites for hydroxylation is 1. The molecule has 9 heteroatoms. The van der Waals surface area contributed by atoms with Crippen LogP contribution in [0.15, 0.2) is 41.6 Å². The first-order valence-corrected chi connectivity index (χ1v) is 9.84. The standard InChI is InChI=1S/C17H21FN4O3S/c1-22-10-9-19-16(22)15(12-5-6-12)21-26(24,25)14-4-2-3-13(11-14)17(23)20-8-7-18/h2-4,9-12,15,21H,5-8H2,1H3,(H,20,23)/t15-/m1/s1. The van der Waals surface area contributed by atoms with Gasteiger partial charge >= 0.3 is 0 Å². The van der Waals surface area contributed by atoms with Crippen LogP contribution in [-0.4, -0.2) is 37.1 Å². The highest BCUT2D eigenvalue weighted by molar-refractivity contribution is 7.89. The van der Waals surface area contributed by atoms with Gasteiger partial charge in [0.05, 0.1) is 10.9 Å². The molecule has 0 unspecified atom stereocenters. The SMILES string of the molecule is Cn1ccnc1[C@H](NS(=O)(=O)c1cccc(C(=O)NCCF)c1)C1CC1. The average Bonchev–Trinajstić information content (AvgIpc) is 3.39. The number of carbonyl (C=O) groups is 1. The molecule has 1 aromatic carbocycles. The molecule has 1 aliphatic carbocycles. The van der Waals surface area contributed by atoms with Crippen molar-refractivity contribution in [1.29, 1.82) is 0 Å². The Bertz CT molecular complexity index is 893. The number of nitrogens with one attached hydrogen (secondary N) is 2. The second-order valence-corrected chi connectivity index (χ2v) is 8.02. The lowest BCUT2D eigenvalue weighted by atomic mass is 10.2. The van der Waals surface area contributed by atoms with Gasteiger partial charge < -0.3 is 9.88 Å². The van der Waals surface area contributed by atoms with E-state index in [1.807, 2.05) is 7.05 Å². The molecule has 1 amide bonds. The molecule has 3 rings (SSSR count). The monoisotopic (exact) mass is 380 g/mol. The van der Waals surface area contributed by atoms with Gasteiger partial charge in [0.25, 0.3) is 5.91 Å². The summed E-state index contributed by atoms with van der Waals surface area (Å²) in [7, 11) is -2.02. The Kier molecular flexibility index (Phi) is 5.38. The van der Waals surface area contributed by atoms with Gasteiger partial charge in [0.1, 0.15) is 12.5 Å². The van der Waals surface area contributed by atoms with Crippen molar-refractivity contribution in [2.75, 3.05) is 13.2 Å². The van der Waals surface area contributed by atoms with E-state index < -0.39 is 28.6 Å². The summed E-state index contributed by atoms with van der Waals surface area (Å²) < 4.78 is 42.4. The average molecular weight is 380 g/mol. The fourth-order valence-corrected chi connectivity index (χ4v) is 4.08. The lowest BCUT2D eigenvalue weighted by Crippen LogP contribution is -2.32. The fourth-order valence-electron chi connectivity index (χ4n) is 2.77. The molecule has 1 aromatic heterocycles. The van der Waals surface area contributed by atoms with Gasteiger partial charge in [0.2, 0.25) is 10.0 Å². The summed E-state index contributed by atoms with van der Waals surface area (Å²) in [5.74, 6) is 0.359. The third-order valence-electron chi connectivity index (χ3n) is 4.30. The van der Waals surface area contributed by atoms with Gasteiger partial charge in [-0.1, -0.05) is 6.07 Å². The summed E-state index contributed by atoms with van der Waals surface area (Å²) in [5, 5.41) is 2.38. The number of aromatic nitrogens is 2. The highest BCUT2D eigenvalue weighted by atomic mass is 32.2. The molecule has 1 fully saturated rings. The Balaban J connectivity index is 1.83. The zero-order valence-electron chi connectivity index (χ0n) is 14.4. The minimum Gasteiger partial charge on any atom is -0.349 e. The highest BCUT2D eigenvalue weighted by Gasteiger charge is 2.37. The number of benzene rings is 1. The molecule has 1 heterocycles. The smallest absolute Gasteiger partial charge is 0.251 e. The molecule has 0 aliphatic heterocycles. The van der Waals surface area contributed by atoms with Crippen LogP contribution in [0, 0.1) is 5.92 Å². The minimum absolute atomic E-state index is 0.00902. The first-order valence-electron chi connectivity index (χ1n) is 8.36. The van der Waals surface area contributed by atoms with Crippen LogP contribution in [0.5, 0.6) is 0 Å². The van der Waals surface area contributed by atoms with E-state index in [1.165, 1.54) is 24.3 Å². The molecule has 2 aromatic rings. The Labute approximate surface area is 151 Å². The van der Waals surface area contributed by atoms with Gasteiger partial charge in [-0.05, 0) is 37.0 Å². The van der Waals surface area contributed by atoms with Crippen molar-refractivity contribution in [3.63, 3.8) is 0 Å². The molecule has 26 heavy (non-hydrogen) atoms. The quantitative estimate of drug-likeness (QED) is 0.727. The molecule has 7 nitrogen and oxygen atoms in total.